The zero-order valence-corrected chi connectivity index (χ0v) is 12.4. The van der Waals surface area contributed by atoms with Gasteiger partial charge in [-0.05, 0) is 38.6 Å². The number of nitrogens with one attached hydrogen (secondary N) is 1. The predicted octanol–water partition coefficient (Wildman–Crippen LogP) is 1.65. The second kappa shape index (κ2) is 8.90. The van der Waals surface area contributed by atoms with E-state index >= 15 is 0 Å². The van der Waals surface area contributed by atoms with Crippen molar-refractivity contribution in [1.29, 1.82) is 0 Å². The molecule has 1 aliphatic heterocycles. The summed E-state index contributed by atoms with van der Waals surface area (Å²) >= 11 is 0. The molecule has 1 aliphatic carbocycles. The molecule has 0 amide bonds. The second-order valence-electron chi connectivity index (χ2n) is 5.83. The molecule has 0 aromatic carbocycles. The van der Waals surface area contributed by atoms with Crippen LogP contribution in [0.4, 0.5) is 0 Å². The van der Waals surface area contributed by atoms with E-state index in [1.165, 1.54) is 45.2 Å². The van der Waals surface area contributed by atoms with E-state index in [1.807, 2.05) is 0 Å². The first-order valence-electron chi connectivity index (χ1n) is 7.94. The highest BCUT2D eigenvalue weighted by Gasteiger charge is 2.26. The maximum atomic E-state index is 5.68. The van der Waals surface area contributed by atoms with Gasteiger partial charge in [-0.3, -0.25) is 4.90 Å². The molecule has 1 unspecified atom stereocenters. The van der Waals surface area contributed by atoms with Crippen LogP contribution in [0.5, 0.6) is 0 Å². The Morgan fingerprint density at radius 2 is 2.00 bits per heavy atom. The van der Waals surface area contributed by atoms with Crippen LogP contribution in [0.2, 0.25) is 0 Å². The molecule has 2 rings (SSSR count). The Bertz CT molecular complexity index is 234. The standard InChI is InChI=1S/C15H30N2O2/c1-18-10-4-11-19-12-9-17-8-3-2-5-15(17)13-16-14-6-7-14/h14-16H,2-13H2,1H3. The summed E-state index contributed by atoms with van der Waals surface area (Å²) in [4.78, 5) is 2.62. The van der Waals surface area contributed by atoms with Gasteiger partial charge in [0.1, 0.15) is 0 Å². The van der Waals surface area contributed by atoms with Gasteiger partial charge < -0.3 is 14.8 Å². The fourth-order valence-electron chi connectivity index (χ4n) is 2.76. The number of nitrogens with zero attached hydrogens (tertiary/aromatic N) is 1. The normalized spacial score (nSPS) is 24.8. The van der Waals surface area contributed by atoms with Gasteiger partial charge in [0.15, 0.2) is 0 Å². The average molecular weight is 270 g/mol. The Kier molecular flexibility index (Phi) is 7.14. The highest BCUT2D eigenvalue weighted by atomic mass is 16.5. The highest BCUT2D eigenvalue weighted by Crippen LogP contribution is 2.21. The molecule has 0 aromatic heterocycles. The monoisotopic (exact) mass is 270 g/mol. The van der Waals surface area contributed by atoms with Crippen LogP contribution >= 0.6 is 0 Å². The van der Waals surface area contributed by atoms with Gasteiger partial charge in [-0.25, -0.2) is 0 Å². The summed E-state index contributed by atoms with van der Waals surface area (Å²) in [5.41, 5.74) is 0. The fraction of sp³-hybridized carbons (Fsp3) is 1.00. The van der Waals surface area contributed by atoms with Crippen LogP contribution in [0, 0.1) is 0 Å². The Balaban J connectivity index is 1.55. The molecule has 2 aliphatic rings. The van der Waals surface area contributed by atoms with Gasteiger partial charge in [0, 0.05) is 45.5 Å². The molecule has 1 N–H and O–H groups in total. The molecule has 1 saturated heterocycles. The fourth-order valence-corrected chi connectivity index (χ4v) is 2.76. The van der Waals surface area contributed by atoms with E-state index in [0.29, 0.717) is 0 Å². The Morgan fingerprint density at radius 1 is 1.11 bits per heavy atom. The van der Waals surface area contributed by atoms with Crippen molar-refractivity contribution in [3.63, 3.8) is 0 Å². The zero-order valence-electron chi connectivity index (χ0n) is 12.4. The van der Waals surface area contributed by atoms with Crippen molar-refractivity contribution in [2.75, 3.05) is 46.6 Å². The van der Waals surface area contributed by atoms with E-state index in [1.54, 1.807) is 7.11 Å². The van der Waals surface area contributed by atoms with E-state index in [0.717, 1.165) is 44.9 Å². The summed E-state index contributed by atoms with van der Waals surface area (Å²) in [5, 5.41) is 3.68. The molecule has 1 atom stereocenters. The van der Waals surface area contributed by atoms with E-state index in [9.17, 15) is 0 Å². The first-order valence-corrected chi connectivity index (χ1v) is 7.94. The maximum absolute atomic E-state index is 5.68. The number of ether oxygens (including phenoxy) is 2. The topological polar surface area (TPSA) is 33.7 Å². The molecule has 19 heavy (non-hydrogen) atoms. The summed E-state index contributed by atoms with van der Waals surface area (Å²) in [6.07, 6.45) is 7.86. The number of rotatable bonds is 10. The Labute approximate surface area is 117 Å². The van der Waals surface area contributed by atoms with Gasteiger partial charge in [0.05, 0.1) is 6.61 Å². The quantitative estimate of drug-likeness (QED) is 0.612. The van der Waals surface area contributed by atoms with Crippen molar-refractivity contribution in [3.05, 3.63) is 0 Å². The summed E-state index contributed by atoms with van der Waals surface area (Å²) < 4.78 is 10.7. The lowest BCUT2D eigenvalue weighted by atomic mass is 10.0. The van der Waals surface area contributed by atoms with Crippen LogP contribution in [0.1, 0.15) is 38.5 Å². The van der Waals surface area contributed by atoms with Crippen molar-refractivity contribution < 1.29 is 9.47 Å². The van der Waals surface area contributed by atoms with Gasteiger partial charge in [-0.2, -0.15) is 0 Å². The van der Waals surface area contributed by atoms with Crippen LogP contribution in [0.15, 0.2) is 0 Å². The number of methoxy groups -OCH3 is 1. The van der Waals surface area contributed by atoms with Crippen LogP contribution in [0.3, 0.4) is 0 Å². The molecule has 2 fully saturated rings. The van der Waals surface area contributed by atoms with Gasteiger partial charge in [-0.15, -0.1) is 0 Å². The van der Waals surface area contributed by atoms with Crippen LogP contribution < -0.4 is 5.32 Å². The third-order valence-corrected chi connectivity index (χ3v) is 4.13. The van der Waals surface area contributed by atoms with Crippen molar-refractivity contribution in [1.82, 2.24) is 10.2 Å². The number of piperidine rings is 1. The number of likely N-dealkylation sites (tertiary alicyclic amines) is 1. The first-order chi connectivity index (χ1) is 9.40. The van der Waals surface area contributed by atoms with E-state index in [4.69, 9.17) is 9.47 Å². The Morgan fingerprint density at radius 3 is 2.79 bits per heavy atom. The second-order valence-corrected chi connectivity index (χ2v) is 5.83. The largest absolute Gasteiger partial charge is 0.385 e. The third kappa shape index (κ3) is 6.21. The molecule has 4 heteroatoms. The highest BCUT2D eigenvalue weighted by molar-refractivity contribution is 4.85. The van der Waals surface area contributed by atoms with Crippen molar-refractivity contribution in [2.24, 2.45) is 0 Å². The Hall–Kier alpha value is -0.160. The molecule has 0 spiro atoms. The smallest absolute Gasteiger partial charge is 0.0593 e. The SMILES string of the molecule is COCCCOCCN1CCCCC1CNC1CC1. The summed E-state index contributed by atoms with van der Waals surface area (Å²) in [6, 6.07) is 1.56. The van der Waals surface area contributed by atoms with Crippen LogP contribution in [-0.2, 0) is 9.47 Å². The van der Waals surface area contributed by atoms with Gasteiger partial charge >= 0.3 is 0 Å². The predicted molar refractivity (Wildman–Crippen MR) is 77.5 cm³/mol. The lowest BCUT2D eigenvalue weighted by Gasteiger charge is -2.35. The molecule has 112 valence electrons. The molecule has 1 heterocycles. The third-order valence-electron chi connectivity index (χ3n) is 4.13. The first kappa shape index (κ1) is 15.2. The minimum Gasteiger partial charge on any atom is -0.385 e. The van der Waals surface area contributed by atoms with Gasteiger partial charge in [0.2, 0.25) is 0 Å². The molecule has 1 saturated carbocycles. The van der Waals surface area contributed by atoms with Crippen molar-refractivity contribution >= 4 is 0 Å². The van der Waals surface area contributed by atoms with Crippen molar-refractivity contribution in [2.45, 2.75) is 50.6 Å². The van der Waals surface area contributed by atoms with Crippen LogP contribution in [0.25, 0.3) is 0 Å². The van der Waals surface area contributed by atoms with Gasteiger partial charge in [0.25, 0.3) is 0 Å². The van der Waals surface area contributed by atoms with E-state index in [2.05, 4.69) is 10.2 Å². The lowest BCUT2D eigenvalue weighted by Crippen LogP contribution is -2.47. The van der Waals surface area contributed by atoms with E-state index in [-0.39, 0.29) is 0 Å². The van der Waals surface area contributed by atoms with E-state index < -0.39 is 0 Å². The molecule has 0 bridgehead atoms. The molecule has 0 aromatic rings. The maximum Gasteiger partial charge on any atom is 0.0593 e. The van der Waals surface area contributed by atoms with Gasteiger partial charge in [-0.1, -0.05) is 6.42 Å². The average Bonchev–Trinajstić information content (AvgIpc) is 3.25. The molecule has 0 radical (unpaired) electrons. The minimum atomic E-state index is 0.733. The minimum absolute atomic E-state index is 0.733. The number of hydrogen-bond acceptors (Lipinski definition) is 4. The summed E-state index contributed by atoms with van der Waals surface area (Å²) in [6.45, 7) is 6.00. The number of hydrogen-bond donors (Lipinski definition) is 1. The molecular weight excluding hydrogens is 240 g/mol. The molecule has 4 nitrogen and oxygen atoms in total. The lowest BCUT2D eigenvalue weighted by molar-refractivity contribution is 0.0609. The summed E-state index contributed by atoms with van der Waals surface area (Å²) in [7, 11) is 1.74. The summed E-state index contributed by atoms with van der Waals surface area (Å²) in [5.74, 6) is 0. The molecular formula is C15H30N2O2. The zero-order chi connectivity index (χ0) is 13.3. The van der Waals surface area contributed by atoms with Crippen LogP contribution in [-0.4, -0.2) is 63.5 Å². The van der Waals surface area contributed by atoms with Crippen molar-refractivity contribution in [3.8, 4) is 0 Å².